The van der Waals surface area contributed by atoms with Gasteiger partial charge in [-0.15, -0.1) is 0 Å². The fourth-order valence-electron chi connectivity index (χ4n) is 3.88. The lowest BCUT2D eigenvalue weighted by Gasteiger charge is -2.37. The van der Waals surface area contributed by atoms with Crippen molar-refractivity contribution in [1.29, 1.82) is 0 Å². The quantitative estimate of drug-likeness (QED) is 0.606. The van der Waals surface area contributed by atoms with E-state index in [-0.39, 0.29) is 17.6 Å². The second kappa shape index (κ2) is 8.60. The van der Waals surface area contributed by atoms with Crippen LogP contribution in [0.2, 0.25) is 0 Å². The lowest BCUT2D eigenvalue weighted by atomic mass is 9.88. The number of fused-ring (bicyclic) bond motifs is 1. The summed E-state index contributed by atoms with van der Waals surface area (Å²) in [5, 5.41) is 11.4. The lowest BCUT2D eigenvalue weighted by molar-refractivity contribution is -0.0200. The molecule has 3 aromatic rings. The van der Waals surface area contributed by atoms with Gasteiger partial charge in [-0.05, 0) is 34.4 Å². The Kier molecular flexibility index (Phi) is 5.88. The van der Waals surface area contributed by atoms with Gasteiger partial charge in [-0.2, -0.15) is 0 Å². The van der Waals surface area contributed by atoms with Gasteiger partial charge < -0.3 is 14.7 Å². The zero-order valence-electron chi connectivity index (χ0n) is 17.0. The fourth-order valence-corrected chi connectivity index (χ4v) is 4.37. The fraction of sp³-hybridized carbons (Fsp3) is 0.318. The van der Waals surface area contributed by atoms with E-state index in [0.29, 0.717) is 19.6 Å². The Labute approximate surface area is 180 Å². The maximum Gasteiger partial charge on any atom is 0.407 e. The molecule has 8 nitrogen and oxygen atoms in total. The summed E-state index contributed by atoms with van der Waals surface area (Å²) in [4.78, 5) is 20.8. The van der Waals surface area contributed by atoms with E-state index < -0.39 is 22.0 Å². The van der Waals surface area contributed by atoms with Gasteiger partial charge in [0.25, 0.3) is 0 Å². The van der Waals surface area contributed by atoms with Gasteiger partial charge in [0.2, 0.25) is 15.0 Å². The maximum atomic E-state index is 11.6. The minimum atomic E-state index is -3.49. The third-order valence-corrected chi connectivity index (χ3v) is 6.39. The zero-order valence-corrected chi connectivity index (χ0v) is 17.8. The van der Waals surface area contributed by atoms with E-state index in [9.17, 15) is 18.3 Å². The molecule has 2 atom stereocenters. The molecule has 2 aromatic carbocycles. The summed E-state index contributed by atoms with van der Waals surface area (Å²) in [6.07, 6.45) is 3.21. The topological polar surface area (TPSA) is 110 Å². The van der Waals surface area contributed by atoms with Crippen LogP contribution in [0.1, 0.15) is 23.5 Å². The molecule has 1 amide bonds. The van der Waals surface area contributed by atoms with E-state index in [0.717, 1.165) is 28.2 Å². The summed E-state index contributed by atoms with van der Waals surface area (Å²) in [6, 6.07) is 14.1. The number of hydrogen-bond acceptors (Lipinski definition) is 6. The van der Waals surface area contributed by atoms with Crippen molar-refractivity contribution in [2.75, 3.05) is 19.3 Å². The summed E-state index contributed by atoms with van der Waals surface area (Å²) in [6.45, 7) is 0.923. The van der Waals surface area contributed by atoms with Crippen LogP contribution in [0, 0.1) is 0 Å². The van der Waals surface area contributed by atoms with Crippen molar-refractivity contribution in [3.05, 3.63) is 66.0 Å². The molecule has 162 valence electrons. The first kappa shape index (κ1) is 21.2. The summed E-state index contributed by atoms with van der Waals surface area (Å²) >= 11 is 0. The van der Waals surface area contributed by atoms with Crippen LogP contribution in [0.25, 0.3) is 10.8 Å². The second-order valence-electron chi connectivity index (χ2n) is 7.73. The van der Waals surface area contributed by atoms with Crippen molar-refractivity contribution in [3.63, 3.8) is 0 Å². The van der Waals surface area contributed by atoms with Gasteiger partial charge in [0.05, 0.1) is 19.3 Å². The van der Waals surface area contributed by atoms with E-state index in [1.54, 1.807) is 0 Å². The molecular weight excluding hydrogens is 418 g/mol. The van der Waals surface area contributed by atoms with Crippen LogP contribution < -0.4 is 0 Å². The first-order valence-electron chi connectivity index (χ1n) is 9.90. The average molecular weight is 442 g/mol. The van der Waals surface area contributed by atoms with Crippen LogP contribution in [0.4, 0.5) is 4.79 Å². The smallest absolute Gasteiger partial charge is 0.407 e. The number of nitrogens with zero attached hydrogens (tertiary/aromatic N) is 3. The Hall–Kier alpha value is -3.04. The van der Waals surface area contributed by atoms with E-state index in [1.807, 2.05) is 36.4 Å². The van der Waals surface area contributed by atoms with Crippen LogP contribution in [0.15, 0.2) is 60.0 Å². The average Bonchev–Trinajstić information content (AvgIpc) is 2.77. The van der Waals surface area contributed by atoms with Gasteiger partial charge >= 0.3 is 6.09 Å². The number of ether oxygens (including phenoxy) is 1. The Balaban J connectivity index is 1.54. The molecule has 4 rings (SSSR count). The van der Waals surface area contributed by atoms with Gasteiger partial charge in [-0.25, -0.2) is 23.2 Å². The van der Waals surface area contributed by atoms with E-state index in [1.165, 1.54) is 17.3 Å². The Morgan fingerprint density at radius 3 is 2.55 bits per heavy atom. The molecule has 0 spiro atoms. The number of sulfone groups is 1. The first-order chi connectivity index (χ1) is 14.8. The molecule has 2 unspecified atom stereocenters. The molecule has 1 N–H and O–H groups in total. The predicted molar refractivity (Wildman–Crippen MR) is 115 cm³/mol. The molecule has 0 radical (unpaired) electrons. The van der Waals surface area contributed by atoms with Crippen molar-refractivity contribution >= 4 is 26.7 Å². The SMILES string of the molecule is CS(=O)(=O)c1ncc(C2CCN(C(=O)O)CC2OCc2ccc3ccccc3c2)cn1. The molecule has 1 fully saturated rings. The first-order valence-corrected chi connectivity index (χ1v) is 11.8. The number of rotatable bonds is 5. The molecule has 0 aliphatic carbocycles. The minimum absolute atomic E-state index is 0.135. The molecule has 31 heavy (non-hydrogen) atoms. The highest BCUT2D eigenvalue weighted by molar-refractivity contribution is 7.90. The maximum absolute atomic E-state index is 11.6. The molecule has 0 saturated carbocycles. The molecule has 1 aliphatic rings. The standard InChI is InChI=1S/C22H23N3O5S/c1-31(28,29)21-23-11-18(12-24-21)19-8-9-25(22(26)27)13-20(19)30-14-15-6-7-16-4-2-3-5-17(16)10-15/h2-7,10-12,19-20H,8-9,13-14H2,1H3,(H,26,27). The monoisotopic (exact) mass is 441 g/mol. The molecule has 0 bridgehead atoms. The largest absolute Gasteiger partial charge is 0.465 e. The molecule has 2 heterocycles. The number of hydrogen-bond donors (Lipinski definition) is 1. The lowest BCUT2D eigenvalue weighted by Crippen LogP contribution is -2.46. The van der Waals surface area contributed by atoms with Gasteiger partial charge in [0, 0.05) is 31.1 Å². The molecule has 1 saturated heterocycles. The highest BCUT2D eigenvalue weighted by atomic mass is 32.2. The van der Waals surface area contributed by atoms with Crippen LogP contribution in [-0.4, -0.2) is 59.9 Å². The Morgan fingerprint density at radius 2 is 1.87 bits per heavy atom. The van der Waals surface area contributed by atoms with Crippen LogP contribution in [0.3, 0.4) is 0 Å². The molecule has 1 aromatic heterocycles. The van der Waals surface area contributed by atoms with E-state index in [2.05, 4.69) is 16.0 Å². The van der Waals surface area contributed by atoms with Crippen LogP contribution >= 0.6 is 0 Å². The van der Waals surface area contributed by atoms with Crippen LogP contribution in [0.5, 0.6) is 0 Å². The number of amides is 1. The number of carboxylic acid groups (broad SMARTS) is 1. The summed E-state index contributed by atoms with van der Waals surface area (Å²) in [5.41, 5.74) is 1.73. The number of likely N-dealkylation sites (tertiary alicyclic amines) is 1. The van der Waals surface area contributed by atoms with Crippen molar-refractivity contribution in [2.24, 2.45) is 0 Å². The van der Waals surface area contributed by atoms with Crippen LogP contribution in [-0.2, 0) is 21.2 Å². The van der Waals surface area contributed by atoms with Crippen molar-refractivity contribution in [3.8, 4) is 0 Å². The predicted octanol–water partition coefficient (Wildman–Crippen LogP) is 3.09. The third-order valence-electron chi connectivity index (χ3n) is 5.52. The van der Waals surface area contributed by atoms with Gasteiger partial charge in [0.1, 0.15) is 0 Å². The van der Waals surface area contributed by atoms with Gasteiger partial charge in [-0.3, -0.25) is 0 Å². The normalized spacial score (nSPS) is 19.5. The highest BCUT2D eigenvalue weighted by Crippen LogP contribution is 2.31. The summed E-state index contributed by atoms with van der Waals surface area (Å²) in [5.74, 6) is -0.135. The zero-order chi connectivity index (χ0) is 22.0. The molecule has 1 aliphatic heterocycles. The van der Waals surface area contributed by atoms with Gasteiger partial charge in [0.15, 0.2) is 0 Å². The molecular formula is C22H23N3O5S. The van der Waals surface area contributed by atoms with Crippen molar-refractivity contribution in [1.82, 2.24) is 14.9 Å². The second-order valence-corrected chi connectivity index (χ2v) is 9.64. The number of aromatic nitrogens is 2. The Morgan fingerprint density at radius 1 is 1.16 bits per heavy atom. The summed E-state index contributed by atoms with van der Waals surface area (Å²) in [7, 11) is -3.49. The highest BCUT2D eigenvalue weighted by Gasteiger charge is 2.34. The van der Waals surface area contributed by atoms with E-state index >= 15 is 0 Å². The van der Waals surface area contributed by atoms with Gasteiger partial charge in [-0.1, -0.05) is 36.4 Å². The summed E-state index contributed by atoms with van der Waals surface area (Å²) < 4.78 is 29.5. The number of piperidine rings is 1. The van der Waals surface area contributed by atoms with Crippen molar-refractivity contribution in [2.45, 2.75) is 30.2 Å². The van der Waals surface area contributed by atoms with E-state index in [4.69, 9.17) is 4.74 Å². The minimum Gasteiger partial charge on any atom is -0.465 e. The number of benzene rings is 2. The Bertz CT molecular complexity index is 1200. The van der Waals surface area contributed by atoms with Crippen molar-refractivity contribution < 1.29 is 23.1 Å². The molecule has 9 heteroatoms. The number of carbonyl (C=O) groups is 1. The third kappa shape index (κ3) is 4.83.